The number of ether oxygens (including phenoxy) is 2. The topological polar surface area (TPSA) is 37.5 Å². The van der Waals surface area contributed by atoms with Crippen LogP contribution in [0.15, 0.2) is 42.6 Å². The minimum atomic E-state index is 0.463. The highest BCUT2D eigenvalue weighted by molar-refractivity contribution is 5.83. The third kappa shape index (κ3) is 4.24. The van der Waals surface area contributed by atoms with Crippen LogP contribution in [0.5, 0.6) is 5.75 Å². The molecule has 1 unspecified atom stereocenters. The second kappa shape index (κ2) is 9.05. The molecule has 3 heterocycles. The molecule has 0 saturated carbocycles. The maximum absolute atomic E-state index is 5.63. The van der Waals surface area contributed by atoms with E-state index in [9.17, 15) is 0 Å². The van der Waals surface area contributed by atoms with E-state index < -0.39 is 0 Å². The first kappa shape index (κ1) is 20.6. The van der Waals surface area contributed by atoms with Crippen LogP contribution in [0.25, 0.3) is 10.9 Å². The lowest BCUT2D eigenvalue weighted by Crippen LogP contribution is -2.40. The molecule has 4 nitrogen and oxygen atoms in total. The molecule has 0 radical (unpaired) electrons. The van der Waals surface area contributed by atoms with Crippen LogP contribution >= 0.6 is 0 Å². The van der Waals surface area contributed by atoms with Crippen molar-refractivity contribution in [1.29, 1.82) is 0 Å². The van der Waals surface area contributed by atoms with Gasteiger partial charge < -0.3 is 14.5 Å². The van der Waals surface area contributed by atoms with Crippen LogP contribution in [0, 0.1) is 12.8 Å². The lowest BCUT2D eigenvalue weighted by Gasteiger charge is -2.40. The molecule has 2 aromatic carbocycles. The monoisotopic (exact) mass is 418 g/mol. The van der Waals surface area contributed by atoms with Gasteiger partial charge in [0.05, 0.1) is 7.11 Å². The van der Waals surface area contributed by atoms with Gasteiger partial charge >= 0.3 is 0 Å². The molecule has 1 fully saturated rings. The van der Waals surface area contributed by atoms with Gasteiger partial charge in [0.2, 0.25) is 0 Å². The summed E-state index contributed by atoms with van der Waals surface area (Å²) in [7, 11) is 1.78. The van der Waals surface area contributed by atoms with Gasteiger partial charge in [0.15, 0.2) is 0 Å². The summed E-state index contributed by atoms with van der Waals surface area (Å²) in [4.78, 5) is 6.22. The number of benzene rings is 2. The molecule has 1 atom stereocenters. The minimum absolute atomic E-state index is 0.463. The quantitative estimate of drug-likeness (QED) is 0.579. The van der Waals surface area contributed by atoms with Crippen LogP contribution in [0.2, 0.25) is 0 Å². The van der Waals surface area contributed by atoms with Crippen molar-refractivity contribution in [3.8, 4) is 5.75 Å². The number of nitrogens with zero attached hydrogens (tertiary/aromatic N) is 1. The Morgan fingerprint density at radius 1 is 1.16 bits per heavy atom. The Morgan fingerprint density at radius 3 is 2.84 bits per heavy atom. The zero-order chi connectivity index (χ0) is 21.2. The van der Waals surface area contributed by atoms with Gasteiger partial charge in [-0.2, -0.15) is 0 Å². The summed E-state index contributed by atoms with van der Waals surface area (Å²) in [6.07, 6.45) is 7.93. The number of aromatic amines is 1. The molecule has 0 spiro atoms. The first-order valence-electron chi connectivity index (χ1n) is 11.8. The Balaban J connectivity index is 1.42. The molecule has 5 rings (SSSR count). The molecular weight excluding hydrogens is 384 g/mol. The molecule has 0 amide bonds. The predicted octanol–water partition coefficient (Wildman–Crippen LogP) is 5.44. The minimum Gasteiger partial charge on any atom is -0.496 e. The predicted molar refractivity (Wildman–Crippen MR) is 126 cm³/mol. The van der Waals surface area contributed by atoms with Gasteiger partial charge in [-0.1, -0.05) is 24.3 Å². The number of H-pyrrole nitrogens is 1. The van der Waals surface area contributed by atoms with Crippen molar-refractivity contribution in [2.24, 2.45) is 5.92 Å². The fourth-order valence-electron chi connectivity index (χ4n) is 5.56. The van der Waals surface area contributed by atoms with E-state index in [0.717, 1.165) is 50.7 Å². The highest BCUT2D eigenvalue weighted by atomic mass is 16.5. The number of hydrogen-bond acceptors (Lipinski definition) is 3. The Bertz CT molecular complexity index is 1030. The fourth-order valence-corrected chi connectivity index (χ4v) is 5.56. The third-order valence-corrected chi connectivity index (χ3v) is 7.32. The van der Waals surface area contributed by atoms with Gasteiger partial charge in [-0.3, -0.25) is 4.90 Å². The van der Waals surface area contributed by atoms with Crippen LogP contribution in [0.4, 0.5) is 0 Å². The first-order valence-corrected chi connectivity index (χ1v) is 11.8. The number of rotatable bonds is 6. The zero-order valence-corrected chi connectivity index (χ0v) is 18.8. The number of fused-ring (bicyclic) bond motifs is 2. The summed E-state index contributed by atoms with van der Waals surface area (Å²) >= 11 is 0. The van der Waals surface area contributed by atoms with Crippen LogP contribution in [0.1, 0.15) is 47.6 Å². The molecule has 164 valence electrons. The largest absolute Gasteiger partial charge is 0.496 e. The maximum atomic E-state index is 5.63. The summed E-state index contributed by atoms with van der Waals surface area (Å²) in [6, 6.07) is 13.8. The molecule has 2 aliphatic rings. The Kier molecular flexibility index (Phi) is 6.02. The third-order valence-electron chi connectivity index (χ3n) is 7.32. The number of aryl methyl sites for hydroxylation is 2. The summed E-state index contributed by atoms with van der Waals surface area (Å²) in [5.74, 6) is 1.78. The summed E-state index contributed by atoms with van der Waals surface area (Å²) in [5.41, 5.74) is 6.89. The SMILES string of the molecule is COc1cc2c(cc1C)C(CCc1c[nH]c3ccccc13)N(CC1CCOCC1)CC2. The number of para-hydroxylation sites is 1. The average molecular weight is 419 g/mol. The smallest absolute Gasteiger partial charge is 0.122 e. The second-order valence-electron chi connectivity index (χ2n) is 9.24. The van der Waals surface area contributed by atoms with Crippen molar-refractivity contribution in [3.05, 3.63) is 64.8 Å². The standard InChI is InChI=1S/C27H34N2O2/c1-19-15-24-21(16-27(19)30-2)9-12-29(18-20-10-13-31-14-11-20)26(24)8-7-22-17-28-25-6-4-3-5-23(22)25/h3-6,15-17,20,26,28H,7-14,18H2,1-2H3. The van der Waals surface area contributed by atoms with Crippen LogP contribution < -0.4 is 4.74 Å². The van der Waals surface area contributed by atoms with Crippen molar-refractivity contribution in [1.82, 2.24) is 9.88 Å². The van der Waals surface area contributed by atoms with E-state index in [4.69, 9.17) is 9.47 Å². The fraction of sp³-hybridized carbons (Fsp3) is 0.481. The number of aromatic nitrogens is 1. The molecule has 0 bridgehead atoms. The van der Waals surface area contributed by atoms with Gasteiger partial charge in [-0.15, -0.1) is 0 Å². The summed E-state index contributed by atoms with van der Waals surface area (Å²) in [5, 5.41) is 1.36. The second-order valence-corrected chi connectivity index (χ2v) is 9.24. The Morgan fingerprint density at radius 2 is 2.00 bits per heavy atom. The number of methoxy groups -OCH3 is 1. The van der Waals surface area contributed by atoms with E-state index in [1.807, 2.05) is 0 Å². The Labute approximate surface area is 185 Å². The van der Waals surface area contributed by atoms with Gasteiger partial charge in [-0.25, -0.2) is 0 Å². The van der Waals surface area contributed by atoms with E-state index in [0.29, 0.717) is 6.04 Å². The van der Waals surface area contributed by atoms with Crippen molar-refractivity contribution in [3.63, 3.8) is 0 Å². The average Bonchev–Trinajstić information content (AvgIpc) is 3.22. The van der Waals surface area contributed by atoms with Crippen LogP contribution in [-0.4, -0.2) is 43.3 Å². The molecule has 31 heavy (non-hydrogen) atoms. The normalized spacial score (nSPS) is 20.1. The van der Waals surface area contributed by atoms with Gasteiger partial charge in [0.1, 0.15) is 5.75 Å². The molecule has 1 aromatic heterocycles. The van der Waals surface area contributed by atoms with Gasteiger partial charge in [0, 0.05) is 49.4 Å². The summed E-state index contributed by atoms with van der Waals surface area (Å²) in [6.45, 7) is 6.34. The highest BCUT2D eigenvalue weighted by Gasteiger charge is 2.30. The molecule has 1 N–H and O–H groups in total. The lowest BCUT2D eigenvalue weighted by molar-refractivity contribution is 0.0423. The van der Waals surface area contributed by atoms with Crippen molar-refractivity contribution in [2.45, 2.75) is 45.1 Å². The van der Waals surface area contributed by atoms with Crippen LogP contribution in [-0.2, 0) is 17.6 Å². The molecule has 1 saturated heterocycles. The zero-order valence-electron chi connectivity index (χ0n) is 18.8. The number of hydrogen-bond donors (Lipinski definition) is 1. The van der Waals surface area contributed by atoms with Gasteiger partial charge in [0.25, 0.3) is 0 Å². The Hall–Kier alpha value is -2.30. The molecule has 4 heteroatoms. The maximum Gasteiger partial charge on any atom is 0.122 e. The number of nitrogens with one attached hydrogen (secondary N) is 1. The van der Waals surface area contributed by atoms with E-state index in [-0.39, 0.29) is 0 Å². The van der Waals surface area contributed by atoms with Gasteiger partial charge in [-0.05, 0) is 79.3 Å². The summed E-state index contributed by atoms with van der Waals surface area (Å²) < 4.78 is 11.2. The van der Waals surface area contributed by atoms with Crippen molar-refractivity contribution < 1.29 is 9.47 Å². The first-order chi connectivity index (χ1) is 15.2. The van der Waals surface area contributed by atoms with Crippen molar-refractivity contribution >= 4 is 10.9 Å². The lowest BCUT2D eigenvalue weighted by atomic mass is 9.86. The molecular formula is C27H34N2O2. The van der Waals surface area contributed by atoms with Crippen LogP contribution in [0.3, 0.4) is 0 Å². The van der Waals surface area contributed by atoms with E-state index in [1.165, 1.54) is 52.5 Å². The van der Waals surface area contributed by atoms with E-state index in [2.05, 4.69) is 59.4 Å². The van der Waals surface area contributed by atoms with Crippen molar-refractivity contribution in [2.75, 3.05) is 33.4 Å². The molecule has 3 aromatic rings. The van der Waals surface area contributed by atoms with E-state index >= 15 is 0 Å². The molecule has 0 aliphatic carbocycles. The molecule has 2 aliphatic heterocycles. The van der Waals surface area contributed by atoms with E-state index in [1.54, 1.807) is 7.11 Å². The highest BCUT2D eigenvalue weighted by Crippen LogP contribution is 2.38.